The minimum atomic E-state index is -0.510. The fraction of sp³-hybridized carbons (Fsp3) is 0.778. The van der Waals surface area contributed by atoms with Crippen molar-refractivity contribution in [3.05, 3.63) is 12.2 Å². The summed E-state index contributed by atoms with van der Waals surface area (Å²) < 4.78 is 11.1. The van der Waals surface area contributed by atoms with Crippen LogP contribution in [0.15, 0.2) is 12.2 Å². The first-order valence-electron chi connectivity index (χ1n) is 8.31. The molecule has 1 spiro atoms. The van der Waals surface area contributed by atoms with Crippen LogP contribution in [0.2, 0.25) is 0 Å². The molecule has 5 rings (SSSR count). The second kappa shape index (κ2) is 4.22. The first kappa shape index (κ1) is 14.4. The number of hydrogen-bond acceptors (Lipinski definition) is 4. The van der Waals surface area contributed by atoms with Crippen molar-refractivity contribution in [3.8, 4) is 0 Å². The predicted octanol–water partition coefficient (Wildman–Crippen LogP) is 2.66. The molecule has 2 aliphatic heterocycles. The molecule has 2 saturated carbocycles. The average Bonchev–Trinajstić information content (AvgIpc) is 2.83. The molecule has 5 aliphatic rings. The van der Waals surface area contributed by atoms with Crippen LogP contribution in [0, 0.1) is 22.7 Å². The molecule has 1 unspecified atom stereocenters. The van der Waals surface area contributed by atoms with Crippen molar-refractivity contribution in [2.24, 2.45) is 22.7 Å². The molecule has 0 radical (unpaired) electrons. The van der Waals surface area contributed by atoms with E-state index in [2.05, 4.69) is 13.0 Å². The minimum Gasteiger partial charge on any atom is -0.469 e. The van der Waals surface area contributed by atoms with E-state index in [1.54, 1.807) is 6.08 Å². The minimum absolute atomic E-state index is 0.00481. The van der Waals surface area contributed by atoms with Crippen LogP contribution < -0.4 is 0 Å². The molecule has 6 atom stereocenters. The number of rotatable bonds is 3. The smallest absolute Gasteiger partial charge is 0.305 e. The molecule has 4 bridgehead atoms. The SMILES string of the molecule is COC(=O)CC[C@]1(C)C(=O)C=C[C@]23C[C@H]4C[C@H](O[C@@]4(C)C2)C31. The third-order valence-electron chi connectivity index (χ3n) is 6.99. The molecule has 2 saturated heterocycles. The average molecular weight is 304 g/mol. The molecular formula is C18H24O4. The van der Waals surface area contributed by atoms with Crippen molar-refractivity contribution in [2.45, 2.75) is 57.7 Å². The number of ketones is 1. The lowest BCUT2D eigenvalue weighted by Crippen LogP contribution is -2.56. The Labute approximate surface area is 131 Å². The highest BCUT2D eigenvalue weighted by Crippen LogP contribution is 2.71. The van der Waals surface area contributed by atoms with E-state index in [0.29, 0.717) is 18.8 Å². The number of allylic oxidation sites excluding steroid dienone is 2. The topological polar surface area (TPSA) is 52.6 Å². The zero-order chi connectivity index (χ0) is 15.8. The molecule has 0 N–H and O–H groups in total. The fourth-order valence-corrected chi connectivity index (χ4v) is 6.10. The molecule has 4 fully saturated rings. The zero-order valence-corrected chi connectivity index (χ0v) is 13.6. The van der Waals surface area contributed by atoms with Gasteiger partial charge in [0, 0.05) is 17.8 Å². The van der Waals surface area contributed by atoms with Gasteiger partial charge in [0.05, 0.1) is 18.8 Å². The zero-order valence-electron chi connectivity index (χ0n) is 13.6. The molecule has 4 heteroatoms. The Morgan fingerprint density at radius 3 is 2.91 bits per heavy atom. The van der Waals surface area contributed by atoms with Gasteiger partial charge in [-0.15, -0.1) is 0 Å². The summed E-state index contributed by atoms with van der Waals surface area (Å²) in [4.78, 5) is 24.3. The summed E-state index contributed by atoms with van der Waals surface area (Å²) in [5, 5.41) is 0. The molecule has 3 aliphatic carbocycles. The number of hydrogen-bond donors (Lipinski definition) is 0. The van der Waals surface area contributed by atoms with Crippen LogP contribution in [0.25, 0.3) is 0 Å². The van der Waals surface area contributed by atoms with Crippen molar-refractivity contribution in [3.63, 3.8) is 0 Å². The Morgan fingerprint density at radius 2 is 2.23 bits per heavy atom. The van der Waals surface area contributed by atoms with Gasteiger partial charge in [0.25, 0.3) is 0 Å². The monoisotopic (exact) mass is 304 g/mol. The van der Waals surface area contributed by atoms with Gasteiger partial charge >= 0.3 is 5.97 Å². The standard InChI is InChI=1S/C18H24O4/c1-16(6-5-14(20)21-3)13(19)4-7-18-9-11-8-12(15(16)18)22-17(11,2)10-18/h4,7,11-12,15H,5-6,8-10H2,1-3H3/t11-,12+,15?,16-,17+,18+/m1/s1. The second-order valence-corrected chi connectivity index (χ2v) is 8.18. The maximum Gasteiger partial charge on any atom is 0.305 e. The van der Waals surface area contributed by atoms with Crippen molar-refractivity contribution in [1.82, 2.24) is 0 Å². The highest BCUT2D eigenvalue weighted by molar-refractivity contribution is 5.96. The molecule has 4 nitrogen and oxygen atoms in total. The van der Waals surface area contributed by atoms with E-state index in [1.807, 2.05) is 6.92 Å². The molecule has 0 amide bonds. The molecule has 22 heavy (non-hydrogen) atoms. The Kier molecular flexibility index (Phi) is 2.77. The van der Waals surface area contributed by atoms with Crippen LogP contribution in [-0.4, -0.2) is 30.6 Å². The van der Waals surface area contributed by atoms with Gasteiger partial charge in [0.1, 0.15) is 0 Å². The lowest BCUT2D eigenvalue weighted by molar-refractivity contribution is -0.170. The normalized spacial score (nSPS) is 51.2. The lowest BCUT2D eigenvalue weighted by atomic mass is 9.51. The summed E-state index contributed by atoms with van der Waals surface area (Å²) in [6.07, 6.45) is 8.18. The summed E-state index contributed by atoms with van der Waals surface area (Å²) in [6, 6.07) is 0. The van der Waals surface area contributed by atoms with Crippen molar-refractivity contribution >= 4 is 11.8 Å². The van der Waals surface area contributed by atoms with Gasteiger partial charge in [-0.2, -0.15) is 0 Å². The molecule has 0 aromatic heterocycles. The molecule has 2 heterocycles. The van der Waals surface area contributed by atoms with Crippen molar-refractivity contribution in [2.75, 3.05) is 7.11 Å². The van der Waals surface area contributed by atoms with Crippen LogP contribution in [0.3, 0.4) is 0 Å². The van der Waals surface area contributed by atoms with E-state index >= 15 is 0 Å². The fourth-order valence-electron chi connectivity index (χ4n) is 6.10. The van der Waals surface area contributed by atoms with Crippen LogP contribution in [-0.2, 0) is 19.1 Å². The number of methoxy groups -OCH3 is 1. The maximum atomic E-state index is 12.7. The molecule has 120 valence electrons. The second-order valence-electron chi connectivity index (χ2n) is 8.18. The quantitative estimate of drug-likeness (QED) is 0.752. The molecule has 0 aromatic rings. The Morgan fingerprint density at radius 1 is 1.45 bits per heavy atom. The third-order valence-corrected chi connectivity index (χ3v) is 6.99. The van der Waals surface area contributed by atoms with Gasteiger partial charge in [0.2, 0.25) is 0 Å². The number of carbonyl (C=O) groups excluding carboxylic acids is 2. The van der Waals surface area contributed by atoms with Gasteiger partial charge in [0.15, 0.2) is 5.78 Å². The first-order chi connectivity index (χ1) is 10.3. The number of esters is 1. The molecular weight excluding hydrogens is 280 g/mol. The van der Waals surface area contributed by atoms with Crippen LogP contribution in [0.1, 0.15) is 46.0 Å². The van der Waals surface area contributed by atoms with Crippen molar-refractivity contribution < 1.29 is 19.1 Å². The van der Waals surface area contributed by atoms with E-state index in [-0.39, 0.29) is 34.8 Å². The van der Waals surface area contributed by atoms with E-state index in [4.69, 9.17) is 9.47 Å². The lowest BCUT2D eigenvalue weighted by Gasteiger charge is -2.55. The van der Waals surface area contributed by atoms with Crippen molar-refractivity contribution in [1.29, 1.82) is 0 Å². The van der Waals surface area contributed by atoms with Crippen LogP contribution in [0.5, 0.6) is 0 Å². The van der Waals surface area contributed by atoms with Crippen LogP contribution in [0.4, 0.5) is 0 Å². The van der Waals surface area contributed by atoms with E-state index in [1.165, 1.54) is 7.11 Å². The number of carbonyl (C=O) groups is 2. The summed E-state index contributed by atoms with van der Waals surface area (Å²) in [6.45, 7) is 4.27. The van der Waals surface area contributed by atoms with Gasteiger partial charge in [-0.05, 0) is 50.0 Å². The summed E-state index contributed by atoms with van der Waals surface area (Å²) >= 11 is 0. The van der Waals surface area contributed by atoms with E-state index in [9.17, 15) is 9.59 Å². The highest BCUT2D eigenvalue weighted by Gasteiger charge is 2.71. The summed E-state index contributed by atoms with van der Waals surface area (Å²) in [5.41, 5.74) is -0.418. The third kappa shape index (κ3) is 1.62. The van der Waals surface area contributed by atoms with Gasteiger partial charge < -0.3 is 9.47 Å². The van der Waals surface area contributed by atoms with Gasteiger partial charge in [-0.25, -0.2) is 0 Å². The highest BCUT2D eigenvalue weighted by atomic mass is 16.5. The Hall–Kier alpha value is -1.16. The van der Waals surface area contributed by atoms with Gasteiger partial charge in [-0.3, -0.25) is 9.59 Å². The number of ether oxygens (including phenoxy) is 2. The maximum absolute atomic E-state index is 12.7. The summed E-state index contributed by atoms with van der Waals surface area (Å²) in [7, 11) is 1.40. The Balaban J connectivity index is 1.70. The summed E-state index contributed by atoms with van der Waals surface area (Å²) in [5.74, 6) is 0.733. The van der Waals surface area contributed by atoms with E-state index in [0.717, 1.165) is 19.3 Å². The Bertz CT molecular complexity index is 582. The largest absolute Gasteiger partial charge is 0.469 e. The predicted molar refractivity (Wildman–Crippen MR) is 80.0 cm³/mol. The van der Waals surface area contributed by atoms with Gasteiger partial charge in [-0.1, -0.05) is 13.0 Å². The first-order valence-corrected chi connectivity index (χ1v) is 8.31. The van der Waals surface area contributed by atoms with Crippen LogP contribution >= 0.6 is 0 Å². The molecule has 0 aromatic carbocycles. The van der Waals surface area contributed by atoms with E-state index < -0.39 is 5.41 Å².